The Labute approximate surface area is 208 Å². The van der Waals surface area contributed by atoms with Gasteiger partial charge in [0.2, 0.25) is 5.91 Å². The third-order valence-corrected chi connectivity index (χ3v) is 5.42. The highest BCUT2D eigenvalue weighted by molar-refractivity contribution is 6.33. The van der Waals surface area contributed by atoms with E-state index in [2.05, 4.69) is 32.5 Å². The quantitative estimate of drug-likeness (QED) is 0.294. The number of carbonyl (C=O) groups is 1. The van der Waals surface area contributed by atoms with Crippen LogP contribution in [0, 0.1) is 0 Å². The second-order valence-corrected chi connectivity index (χ2v) is 7.98. The average molecular weight is 490 g/mol. The Balaban J connectivity index is 1.45. The number of nitrogens with one attached hydrogen (secondary N) is 3. The molecule has 0 atom stereocenters. The van der Waals surface area contributed by atoms with Gasteiger partial charge in [-0.3, -0.25) is 9.78 Å². The number of carbonyl (C=O) groups excluding carboxylic acids is 1. The maximum atomic E-state index is 12.2. The first-order valence-corrected chi connectivity index (χ1v) is 11.1. The zero-order valence-electron chi connectivity index (χ0n) is 19.3. The van der Waals surface area contributed by atoms with E-state index in [0.717, 1.165) is 22.2 Å². The molecule has 4 aromatic rings. The van der Waals surface area contributed by atoms with Crippen LogP contribution in [-0.2, 0) is 11.2 Å². The Morgan fingerprint density at radius 2 is 1.77 bits per heavy atom. The lowest BCUT2D eigenvalue weighted by atomic mass is 10.1. The largest absolute Gasteiger partial charge is 0.493 e. The Kier molecular flexibility index (Phi) is 7.32. The number of halogens is 1. The van der Waals surface area contributed by atoms with Crippen molar-refractivity contribution in [1.82, 2.24) is 15.3 Å². The number of aromatic nitrogens is 2. The van der Waals surface area contributed by atoms with Gasteiger partial charge in [-0.05, 0) is 23.8 Å². The molecule has 1 amide bonds. The molecule has 0 bridgehead atoms. The molecule has 178 valence electrons. The van der Waals surface area contributed by atoms with Crippen molar-refractivity contribution in [2.24, 2.45) is 0 Å². The summed E-state index contributed by atoms with van der Waals surface area (Å²) in [6.07, 6.45) is 3.53. The number of hydrogen-bond donors (Lipinski definition) is 3. The number of anilines is 3. The van der Waals surface area contributed by atoms with Crippen molar-refractivity contribution in [1.29, 1.82) is 0 Å². The molecule has 0 fully saturated rings. The fraction of sp³-hybridized carbons (Fsp3) is 0.115. The number of rotatable bonds is 9. The first kappa shape index (κ1) is 23.8. The normalized spacial score (nSPS) is 10.5. The third-order valence-electron chi connectivity index (χ3n) is 5.13. The Bertz CT molecular complexity index is 1380. The first-order chi connectivity index (χ1) is 17.0. The van der Waals surface area contributed by atoms with Crippen LogP contribution in [0.4, 0.5) is 17.2 Å². The highest BCUT2D eigenvalue weighted by Gasteiger charge is 2.12. The maximum absolute atomic E-state index is 12.2. The SMILES string of the molecule is C=C(NC(=O)Cc1ccccc1)Nc1cnc(Nc2ccnc3cc(OC)c(OC)cc23)c(Cl)c1. The van der Waals surface area contributed by atoms with Crippen molar-refractivity contribution in [2.75, 3.05) is 24.9 Å². The molecule has 2 heterocycles. The summed E-state index contributed by atoms with van der Waals surface area (Å²) in [5, 5.41) is 10.2. The molecular weight excluding hydrogens is 466 g/mol. The number of ether oxygens (including phenoxy) is 2. The van der Waals surface area contributed by atoms with Gasteiger partial charge >= 0.3 is 0 Å². The predicted octanol–water partition coefficient (Wildman–Crippen LogP) is 5.29. The van der Waals surface area contributed by atoms with Crippen LogP contribution in [0.3, 0.4) is 0 Å². The summed E-state index contributed by atoms with van der Waals surface area (Å²) in [7, 11) is 3.16. The van der Waals surface area contributed by atoms with E-state index in [0.29, 0.717) is 33.8 Å². The fourth-order valence-electron chi connectivity index (χ4n) is 3.51. The van der Waals surface area contributed by atoms with E-state index in [1.807, 2.05) is 42.5 Å². The molecule has 0 radical (unpaired) electrons. The number of pyridine rings is 2. The number of benzene rings is 2. The van der Waals surface area contributed by atoms with Gasteiger partial charge in [-0.1, -0.05) is 48.5 Å². The molecule has 0 saturated heterocycles. The minimum absolute atomic E-state index is 0.178. The van der Waals surface area contributed by atoms with Gasteiger partial charge in [-0.2, -0.15) is 0 Å². The second kappa shape index (κ2) is 10.8. The maximum Gasteiger partial charge on any atom is 0.229 e. The smallest absolute Gasteiger partial charge is 0.229 e. The van der Waals surface area contributed by atoms with Gasteiger partial charge < -0.3 is 25.4 Å². The van der Waals surface area contributed by atoms with Gasteiger partial charge in [-0.25, -0.2) is 4.98 Å². The molecule has 3 N–H and O–H groups in total. The molecule has 2 aromatic carbocycles. The standard InChI is InChI=1S/C26H24ClN5O3/c1-16(31-25(33)11-17-7-5-4-6-8-17)30-18-12-20(27)26(29-15-18)32-21-9-10-28-22-14-24(35-3)23(34-2)13-19(21)22/h4-10,12-15,30H,1,11H2,2-3H3,(H,31,33)(H,28,29,32). The van der Waals surface area contributed by atoms with Crippen molar-refractivity contribution in [3.63, 3.8) is 0 Å². The Morgan fingerprint density at radius 1 is 1.03 bits per heavy atom. The van der Waals surface area contributed by atoms with Crippen LogP contribution in [0.25, 0.3) is 10.9 Å². The van der Waals surface area contributed by atoms with Crippen LogP contribution in [0.5, 0.6) is 11.5 Å². The van der Waals surface area contributed by atoms with Gasteiger partial charge in [0.25, 0.3) is 0 Å². The first-order valence-electron chi connectivity index (χ1n) is 10.7. The van der Waals surface area contributed by atoms with Gasteiger partial charge in [-0.15, -0.1) is 0 Å². The second-order valence-electron chi connectivity index (χ2n) is 7.58. The van der Waals surface area contributed by atoms with Gasteiger partial charge in [0.15, 0.2) is 11.5 Å². The zero-order chi connectivity index (χ0) is 24.8. The van der Waals surface area contributed by atoms with Crippen LogP contribution >= 0.6 is 11.6 Å². The van der Waals surface area contributed by atoms with Crippen LogP contribution in [0.15, 0.2) is 79.4 Å². The summed E-state index contributed by atoms with van der Waals surface area (Å²) in [5.74, 6) is 1.78. The topological polar surface area (TPSA) is 97.4 Å². The molecule has 0 saturated carbocycles. The zero-order valence-corrected chi connectivity index (χ0v) is 20.0. The van der Waals surface area contributed by atoms with Crippen molar-refractivity contribution in [3.05, 3.63) is 90.0 Å². The number of nitrogens with zero attached hydrogens (tertiary/aromatic N) is 2. The highest BCUT2D eigenvalue weighted by Crippen LogP contribution is 2.36. The van der Waals surface area contributed by atoms with E-state index in [9.17, 15) is 4.79 Å². The van der Waals surface area contributed by atoms with E-state index in [1.54, 1.807) is 38.7 Å². The minimum atomic E-state index is -0.178. The molecule has 9 heteroatoms. The molecule has 0 aliphatic rings. The molecule has 2 aromatic heterocycles. The summed E-state index contributed by atoms with van der Waals surface area (Å²) in [5.41, 5.74) is 2.97. The summed E-state index contributed by atoms with van der Waals surface area (Å²) < 4.78 is 10.8. The van der Waals surface area contributed by atoms with Gasteiger partial charge in [0.1, 0.15) is 11.6 Å². The van der Waals surface area contributed by atoms with Gasteiger partial charge in [0.05, 0.1) is 48.8 Å². The van der Waals surface area contributed by atoms with Crippen molar-refractivity contribution >= 4 is 45.6 Å². The molecule has 0 unspecified atom stereocenters. The number of amides is 1. The summed E-state index contributed by atoms with van der Waals surface area (Å²) in [6, 6.07) is 16.6. The molecule has 0 aliphatic carbocycles. The Morgan fingerprint density at radius 3 is 2.49 bits per heavy atom. The van der Waals surface area contributed by atoms with E-state index < -0.39 is 0 Å². The van der Waals surface area contributed by atoms with Crippen molar-refractivity contribution in [3.8, 4) is 11.5 Å². The van der Waals surface area contributed by atoms with Crippen LogP contribution < -0.4 is 25.4 Å². The number of fused-ring (bicyclic) bond motifs is 1. The average Bonchev–Trinajstić information content (AvgIpc) is 2.85. The summed E-state index contributed by atoms with van der Waals surface area (Å²) in [6.45, 7) is 3.86. The summed E-state index contributed by atoms with van der Waals surface area (Å²) in [4.78, 5) is 21.1. The molecule has 0 aliphatic heterocycles. The predicted molar refractivity (Wildman–Crippen MR) is 138 cm³/mol. The van der Waals surface area contributed by atoms with E-state index in [-0.39, 0.29) is 12.3 Å². The van der Waals surface area contributed by atoms with E-state index in [1.165, 1.54) is 0 Å². The van der Waals surface area contributed by atoms with E-state index >= 15 is 0 Å². The van der Waals surface area contributed by atoms with Crippen LogP contribution in [-0.4, -0.2) is 30.1 Å². The van der Waals surface area contributed by atoms with Crippen molar-refractivity contribution in [2.45, 2.75) is 6.42 Å². The highest BCUT2D eigenvalue weighted by atomic mass is 35.5. The molecule has 0 spiro atoms. The number of hydrogen-bond acceptors (Lipinski definition) is 7. The lowest BCUT2D eigenvalue weighted by Gasteiger charge is -2.15. The Hall–Kier alpha value is -4.30. The monoisotopic (exact) mass is 489 g/mol. The lowest BCUT2D eigenvalue weighted by Crippen LogP contribution is -2.27. The summed E-state index contributed by atoms with van der Waals surface area (Å²) >= 11 is 6.49. The molecule has 35 heavy (non-hydrogen) atoms. The van der Waals surface area contributed by atoms with Crippen LogP contribution in [0.2, 0.25) is 5.02 Å². The molecular formula is C26H24ClN5O3. The minimum Gasteiger partial charge on any atom is -0.493 e. The van der Waals surface area contributed by atoms with Gasteiger partial charge in [0, 0.05) is 17.6 Å². The fourth-order valence-corrected chi connectivity index (χ4v) is 3.72. The third kappa shape index (κ3) is 5.80. The van der Waals surface area contributed by atoms with Crippen LogP contribution in [0.1, 0.15) is 5.56 Å². The molecule has 8 nitrogen and oxygen atoms in total. The van der Waals surface area contributed by atoms with Crippen molar-refractivity contribution < 1.29 is 14.3 Å². The number of methoxy groups -OCH3 is 2. The lowest BCUT2D eigenvalue weighted by molar-refractivity contribution is -0.119. The van der Waals surface area contributed by atoms with E-state index in [4.69, 9.17) is 21.1 Å². The molecule has 4 rings (SSSR count).